The van der Waals surface area contributed by atoms with Gasteiger partial charge in [-0.3, -0.25) is 19.8 Å². The zero-order chi connectivity index (χ0) is 22.1. The number of aromatic nitrogens is 1. The Bertz CT molecular complexity index is 1230. The van der Waals surface area contributed by atoms with Crippen LogP contribution in [0, 0.1) is 10.1 Å². The number of non-ortho nitro benzene ring substituents is 1. The van der Waals surface area contributed by atoms with Crippen LogP contribution in [0.5, 0.6) is 0 Å². The first kappa shape index (κ1) is 24.7. The number of carbonyl (C=O) groups excluding carboxylic acids is 1. The number of nitrogens with zero attached hydrogens (tertiary/aromatic N) is 4. The third kappa shape index (κ3) is 5.56. The molecule has 0 aliphatic carbocycles. The summed E-state index contributed by atoms with van der Waals surface area (Å²) in [6, 6.07) is 10.3. The van der Waals surface area contributed by atoms with Gasteiger partial charge in [-0.05, 0) is 32.3 Å². The number of nitro benzene ring substituents is 1. The molecular weight excluding hydrogens is 464 g/mol. The van der Waals surface area contributed by atoms with Gasteiger partial charge in [0.1, 0.15) is 0 Å². The Morgan fingerprint density at radius 1 is 1.16 bits per heavy atom. The van der Waals surface area contributed by atoms with Crippen LogP contribution in [0.4, 0.5) is 10.8 Å². The van der Waals surface area contributed by atoms with Gasteiger partial charge < -0.3 is 4.90 Å². The second-order valence-electron chi connectivity index (χ2n) is 6.93. The smallest absolute Gasteiger partial charge is 0.270 e. The summed E-state index contributed by atoms with van der Waals surface area (Å²) >= 11 is 1.15. The van der Waals surface area contributed by atoms with E-state index in [1.54, 1.807) is 12.1 Å². The molecule has 0 N–H and O–H groups in total. The lowest BCUT2D eigenvalue weighted by Crippen LogP contribution is -2.37. The summed E-state index contributed by atoms with van der Waals surface area (Å²) in [5.41, 5.74) is 0.523. The van der Waals surface area contributed by atoms with Crippen molar-refractivity contribution < 1.29 is 18.1 Å². The Kier molecular flexibility index (Phi) is 7.71. The molecule has 2 aromatic carbocycles. The third-order valence-electron chi connectivity index (χ3n) is 4.34. The maximum Gasteiger partial charge on any atom is 0.270 e. The lowest BCUT2D eigenvalue weighted by Gasteiger charge is -2.22. The molecular formula is C19H21ClN4O5S2. The summed E-state index contributed by atoms with van der Waals surface area (Å²) in [5.74, 6) is -0.494. The Hall–Kier alpha value is -2.60. The predicted molar refractivity (Wildman–Crippen MR) is 123 cm³/mol. The highest BCUT2D eigenvalue weighted by Crippen LogP contribution is 2.32. The maximum absolute atomic E-state index is 13.4. The molecule has 9 nitrogen and oxygen atoms in total. The second-order valence-corrected chi connectivity index (χ2v) is 9.93. The highest BCUT2D eigenvalue weighted by atomic mass is 35.5. The fourth-order valence-corrected chi connectivity index (χ4v) is 4.73. The lowest BCUT2D eigenvalue weighted by atomic mass is 10.2. The number of likely N-dealkylation sites (N-methyl/N-ethyl adjacent to an activating group) is 1. The quantitative estimate of drug-likeness (QED) is 0.373. The van der Waals surface area contributed by atoms with Crippen molar-refractivity contribution in [3.05, 3.63) is 58.1 Å². The Balaban J connectivity index is 0.00000341. The van der Waals surface area contributed by atoms with E-state index in [1.165, 1.54) is 35.2 Å². The van der Waals surface area contributed by atoms with Crippen LogP contribution in [0.15, 0.2) is 47.4 Å². The molecule has 0 spiro atoms. The van der Waals surface area contributed by atoms with Crippen LogP contribution in [0.3, 0.4) is 0 Å². The normalized spacial score (nSPS) is 11.4. The van der Waals surface area contributed by atoms with Gasteiger partial charge in [0.2, 0.25) is 0 Å². The molecule has 3 aromatic rings. The topological polar surface area (TPSA) is 114 Å². The van der Waals surface area contributed by atoms with Crippen molar-refractivity contribution in [3.8, 4) is 0 Å². The van der Waals surface area contributed by atoms with E-state index in [0.717, 1.165) is 17.6 Å². The van der Waals surface area contributed by atoms with Gasteiger partial charge in [0, 0.05) is 31.5 Å². The molecule has 1 heterocycles. The van der Waals surface area contributed by atoms with Gasteiger partial charge in [0.25, 0.3) is 11.6 Å². The standard InChI is InChI=1S/C19H20N4O5S2.ClH/c1-21(2)10-11-22(18(24)14-6-4-5-7-17(14)30(3,27)28)19-20-15-9-8-13(23(25)26)12-16(15)29-19;/h4-9,12H,10-11H2,1-3H3;1H. The van der Waals surface area contributed by atoms with Gasteiger partial charge >= 0.3 is 0 Å². The molecule has 31 heavy (non-hydrogen) atoms. The summed E-state index contributed by atoms with van der Waals surface area (Å²) in [6.07, 6.45) is 1.06. The molecule has 3 rings (SSSR count). The zero-order valence-corrected chi connectivity index (χ0v) is 19.5. The zero-order valence-electron chi connectivity index (χ0n) is 17.0. The molecule has 12 heteroatoms. The fourth-order valence-electron chi connectivity index (χ4n) is 2.83. The number of hydrogen-bond acceptors (Lipinski definition) is 8. The Labute approximate surface area is 189 Å². The van der Waals surface area contributed by atoms with E-state index in [2.05, 4.69) is 4.98 Å². The number of nitro groups is 1. The van der Waals surface area contributed by atoms with Gasteiger partial charge in [-0.15, -0.1) is 12.4 Å². The van der Waals surface area contributed by atoms with Crippen LogP contribution in [0.1, 0.15) is 10.4 Å². The van der Waals surface area contributed by atoms with E-state index < -0.39 is 20.7 Å². The number of hydrogen-bond donors (Lipinski definition) is 0. The van der Waals surface area contributed by atoms with Crippen molar-refractivity contribution >= 4 is 60.5 Å². The summed E-state index contributed by atoms with van der Waals surface area (Å²) in [7, 11) is 0.0968. The molecule has 0 aliphatic heterocycles. The largest absolute Gasteiger partial charge is 0.308 e. The monoisotopic (exact) mass is 484 g/mol. The van der Waals surface area contributed by atoms with Gasteiger partial charge in [0.15, 0.2) is 15.0 Å². The third-order valence-corrected chi connectivity index (χ3v) is 6.53. The summed E-state index contributed by atoms with van der Waals surface area (Å²) < 4.78 is 24.9. The first-order valence-electron chi connectivity index (χ1n) is 8.88. The van der Waals surface area contributed by atoms with Crippen LogP contribution in [0.2, 0.25) is 0 Å². The van der Waals surface area contributed by atoms with Crippen LogP contribution in [0.25, 0.3) is 10.2 Å². The number of anilines is 1. The number of carbonyl (C=O) groups is 1. The lowest BCUT2D eigenvalue weighted by molar-refractivity contribution is -0.384. The molecule has 166 valence electrons. The average molecular weight is 485 g/mol. The number of amides is 1. The highest BCUT2D eigenvalue weighted by Gasteiger charge is 2.26. The van der Waals surface area contributed by atoms with Crippen molar-refractivity contribution in [3.63, 3.8) is 0 Å². The first-order valence-corrected chi connectivity index (χ1v) is 11.6. The van der Waals surface area contributed by atoms with E-state index in [0.29, 0.717) is 21.9 Å². The van der Waals surface area contributed by atoms with Gasteiger partial charge in [-0.2, -0.15) is 0 Å². The van der Waals surface area contributed by atoms with Crippen molar-refractivity contribution in [2.45, 2.75) is 4.90 Å². The first-order chi connectivity index (χ1) is 14.1. The molecule has 0 bridgehead atoms. The van der Waals surface area contributed by atoms with E-state index in [4.69, 9.17) is 0 Å². The van der Waals surface area contributed by atoms with Gasteiger partial charge in [-0.1, -0.05) is 23.5 Å². The van der Waals surface area contributed by atoms with Crippen molar-refractivity contribution in [2.24, 2.45) is 0 Å². The SMILES string of the molecule is CN(C)CCN(C(=O)c1ccccc1S(C)(=O)=O)c1nc2ccc([N+](=O)[O-])cc2s1.Cl. The van der Waals surface area contributed by atoms with E-state index in [-0.39, 0.29) is 35.1 Å². The van der Waals surface area contributed by atoms with Crippen molar-refractivity contribution in [2.75, 3.05) is 38.3 Å². The molecule has 0 atom stereocenters. The minimum absolute atomic E-state index is 0. The number of fused-ring (bicyclic) bond motifs is 1. The minimum atomic E-state index is -3.62. The molecule has 0 saturated heterocycles. The summed E-state index contributed by atoms with van der Waals surface area (Å²) in [6.45, 7) is 0.786. The second kappa shape index (κ2) is 9.69. The highest BCUT2D eigenvalue weighted by molar-refractivity contribution is 7.90. The summed E-state index contributed by atoms with van der Waals surface area (Å²) in [5, 5.41) is 11.4. The minimum Gasteiger partial charge on any atom is -0.308 e. The van der Waals surface area contributed by atoms with Crippen molar-refractivity contribution in [1.29, 1.82) is 0 Å². The van der Waals surface area contributed by atoms with Crippen LogP contribution >= 0.6 is 23.7 Å². The van der Waals surface area contributed by atoms with E-state index in [9.17, 15) is 23.3 Å². The molecule has 0 unspecified atom stereocenters. The van der Waals surface area contributed by atoms with Crippen LogP contribution in [-0.2, 0) is 9.84 Å². The number of rotatable bonds is 7. The Morgan fingerprint density at radius 3 is 2.45 bits per heavy atom. The molecule has 0 aliphatic rings. The predicted octanol–water partition coefficient (Wildman–Crippen LogP) is 3.24. The fraction of sp³-hybridized carbons (Fsp3) is 0.263. The van der Waals surface area contributed by atoms with Crippen molar-refractivity contribution in [1.82, 2.24) is 9.88 Å². The van der Waals surface area contributed by atoms with Crippen LogP contribution < -0.4 is 4.90 Å². The molecule has 0 saturated carbocycles. The molecule has 0 radical (unpaired) electrons. The van der Waals surface area contributed by atoms with Gasteiger partial charge in [-0.25, -0.2) is 13.4 Å². The van der Waals surface area contributed by atoms with E-state index in [1.807, 2.05) is 19.0 Å². The molecule has 1 amide bonds. The van der Waals surface area contributed by atoms with Gasteiger partial charge in [0.05, 0.1) is 25.6 Å². The average Bonchev–Trinajstić information content (AvgIpc) is 3.09. The van der Waals surface area contributed by atoms with Crippen LogP contribution in [-0.4, -0.2) is 62.6 Å². The maximum atomic E-state index is 13.4. The number of thiazole rings is 1. The molecule has 1 aromatic heterocycles. The van der Waals surface area contributed by atoms with E-state index >= 15 is 0 Å². The summed E-state index contributed by atoms with van der Waals surface area (Å²) in [4.78, 5) is 31.7. The number of benzene rings is 2. The number of halogens is 1. The Morgan fingerprint density at radius 2 is 1.84 bits per heavy atom. The molecule has 0 fully saturated rings. The number of sulfone groups is 1.